The number of aromatic nitrogens is 3. The molecule has 3 heterocycles. The summed E-state index contributed by atoms with van der Waals surface area (Å²) in [7, 11) is 0. The molecule has 0 bridgehead atoms. The quantitative estimate of drug-likeness (QED) is 0.863. The summed E-state index contributed by atoms with van der Waals surface area (Å²) in [6.45, 7) is 7.02. The number of hydrogen-bond donors (Lipinski definition) is 0. The molecule has 2 aromatic rings. The van der Waals surface area contributed by atoms with E-state index in [1.807, 2.05) is 11.0 Å². The van der Waals surface area contributed by atoms with E-state index in [2.05, 4.69) is 35.9 Å². The van der Waals surface area contributed by atoms with E-state index < -0.39 is 0 Å². The molecule has 0 unspecified atom stereocenters. The second kappa shape index (κ2) is 6.10. The van der Waals surface area contributed by atoms with Crippen LogP contribution < -0.4 is 4.90 Å². The lowest BCUT2D eigenvalue weighted by atomic mass is 9.92. The van der Waals surface area contributed by atoms with Crippen molar-refractivity contribution in [3.8, 4) is 0 Å². The smallest absolute Gasteiger partial charge is 0.225 e. The molecule has 1 fully saturated rings. The summed E-state index contributed by atoms with van der Waals surface area (Å²) in [6.07, 6.45) is 5.47. The largest absolute Gasteiger partial charge is 0.361 e. The van der Waals surface area contributed by atoms with Gasteiger partial charge in [0.1, 0.15) is 5.76 Å². The van der Waals surface area contributed by atoms with Gasteiger partial charge in [-0.3, -0.25) is 4.79 Å². The van der Waals surface area contributed by atoms with Crippen LogP contribution in [0, 0.1) is 0 Å². The monoisotopic (exact) mass is 314 g/mol. The number of Topliss-reactive ketones (excluding diaryl/α,β-unsaturated/α-hetero) is 1. The van der Waals surface area contributed by atoms with Crippen molar-refractivity contribution >= 4 is 11.7 Å². The third-order valence-electron chi connectivity index (χ3n) is 4.11. The van der Waals surface area contributed by atoms with Crippen LogP contribution in [0.25, 0.3) is 0 Å². The van der Waals surface area contributed by atoms with Crippen molar-refractivity contribution in [2.75, 3.05) is 11.4 Å². The maximum absolute atomic E-state index is 12.7. The van der Waals surface area contributed by atoms with Crippen LogP contribution in [0.5, 0.6) is 0 Å². The Kier molecular flexibility index (Phi) is 4.15. The van der Waals surface area contributed by atoms with Crippen LogP contribution >= 0.6 is 0 Å². The van der Waals surface area contributed by atoms with Crippen molar-refractivity contribution in [2.45, 2.75) is 51.5 Å². The van der Waals surface area contributed by atoms with Gasteiger partial charge in [0.05, 0.1) is 18.2 Å². The Bertz CT molecular complexity index is 675. The molecule has 6 heteroatoms. The molecule has 0 saturated carbocycles. The van der Waals surface area contributed by atoms with E-state index in [9.17, 15) is 4.79 Å². The molecule has 1 aliphatic heterocycles. The third-order valence-corrected chi connectivity index (χ3v) is 4.11. The highest BCUT2D eigenvalue weighted by atomic mass is 16.5. The average molecular weight is 314 g/mol. The van der Waals surface area contributed by atoms with E-state index in [-0.39, 0.29) is 23.7 Å². The number of rotatable bonds is 4. The number of anilines is 1. The maximum atomic E-state index is 12.7. The predicted octanol–water partition coefficient (Wildman–Crippen LogP) is 2.54. The first kappa shape index (κ1) is 15.6. The van der Waals surface area contributed by atoms with Gasteiger partial charge >= 0.3 is 0 Å². The standard InChI is InChI=1S/C17H22N4O2/c1-17(2,3)15-11-12(23-20-15)10-14(22)13-6-4-9-21(13)16-18-7-5-8-19-16/h5,7-8,11,13H,4,6,9-10H2,1-3H3/t13-/m0/s1. The van der Waals surface area contributed by atoms with Gasteiger partial charge in [-0.2, -0.15) is 0 Å². The minimum Gasteiger partial charge on any atom is -0.361 e. The van der Waals surface area contributed by atoms with Crippen molar-refractivity contribution in [2.24, 2.45) is 0 Å². The summed E-state index contributed by atoms with van der Waals surface area (Å²) in [5, 5.41) is 4.08. The number of nitrogens with zero attached hydrogens (tertiary/aromatic N) is 4. The summed E-state index contributed by atoms with van der Waals surface area (Å²) in [6, 6.07) is 3.48. The van der Waals surface area contributed by atoms with Gasteiger partial charge in [-0.25, -0.2) is 9.97 Å². The highest BCUT2D eigenvalue weighted by Gasteiger charge is 2.33. The summed E-state index contributed by atoms with van der Waals surface area (Å²) < 4.78 is 5.34. The van der Waals surface area contributed by atoms with Gasteiger partial charge in [-0.1, -0.05) is 25.9 Å². The molecular weight excluding hydrogens is 292 g/mol. The van der Waals surface area contributed by atoms with Crippen LogP contribution in [0.3, 0.4) is 0 Å². The molecule has 1 saturated heterocycles. The van der Waals surface area contributed by atoms with E-state index in [4.69, 9.17) is 4.52 Å². The Hall–Kier alpha value is -2.24. The van der Waals surface area contributed by atoms with Crippen LogP contribution in [0.1, 0.15) is 45.1 Å². The molecule has 0 aliphatic carbocycles. The fraction of sp³-hybridized carbons (Fsp3) is 0.529. The van der Waals surface area contributed by atoms with Gasteiger partial charge in [0.25, 0.3) is 0 Å². The van der Waals surface area contributed by atoms with Gasteiger partial charge in [-0.05, 0) is 18.9 Å². The first-order chi connectivity index (χ1) is 10.9. The van der Waals surface area contributed by atoms with Crippen LogP contribution in [0.4, 0.5) is 5.95 Å². The molecule has 0 N–H and O–H groups in total. The molecular formula is C17H22N4O2. The molecule has 0 spiro atoms. The first-order valence-electron chi connectivity index (χ1n) is 7.97. The molecule has 122 valence electrons. The van der Waals surface area contributed by atoms with E-state index >= 15 is 0 Å². The second-order valence-electron chi connectivity index (χ2n) is 6.97. The van der Waals surface area contributed by atoms with Crippen LogP contribution in [-0.4, -0.2) is 33.5 Å². The number of hydrogen-bond acceptors (Lipinski definition) is 6. The van der Waals surface area contributed by atoms with E-state index in [1.54, 1.807) is 18.5 Å². The molecule has 2 aromatic heterocycles. The Balaban J connectivity index is 1.71. The highest BCUT2D eigenvalue weighted by Crippen LogP contribution is 2.25. The predicted molar refractivity (Wildman–Crippen MR) is 86.3 cm³/mol. The SMILES string of the molecule is CC(C)(C)c1cc(CC(=O)[C@@H]2CCCN2c2ncccn2)on1. The Labute approximate surface area is 135 Å². The van der Waals surface area contributed by atoms with E-state index in [0.29, 0.717) is 11.7 Å². The molecule has 6 nitrogen and oxygen atoms in total. The van der Waals surface area contributed by atoms with Gasteiger partial charge in [0, 0.05) is 30.4 Å². The van der Waals surface area contributed by atoms with E-state index in [0.717, 1.165) is 25.1 Å². The van der Waals surface area contributed by atoms with Crippen LogP contribution in [0.2, 0.25) is 0 Å². The Morgan fingerprint density at radius 3 is 2.74 bits per heavy atom. The Morgan fingerprint density at radius 2 is 2.09 bits per heavy atom. The van der Waals surface area contributed by atoms with E-state index in [1.165, 1.54) is 0 Å². The summed E-state index contributed by atoms with van der Waals surface area (Å²) in [5.41, 5.74) is 0.789. The zero-order valence-electron chi connectivity index (χ0n) is 13.8. The van der Waals surface area contributed by atoms with Gasteiger partial charge in [0.15, 0.2) is 5.78 Å². The van der Waals surface area contributed by atoms with Gasteiger partial charge in [-0.15, -0.1) is 0 Å². The third kappa shape index (κ3) is 3.41. The van der Waals surface area contributed by atoms with Crippen molar-refractivity contribution in [1.29, 1.82) is 0 Å². The van der Waals surface area contributed by atoms with Gasteiger partial charge < -0.3 is 9.42 Å². The van der Waals surface area contributed by atoms with Crippen molar-refractivity contribution in [1.82, 2.24) is 15.1 Å². The lowest BCUT2D eigenvalue weighted by molar-refractivity contribution is -0.119. The minimum atomic E-state index is -0.180. The summed E-state index contributed by atoms with van der Waals surface area (Å²) in [4.78, 5) is 23.2. The lowest BCUT2D eigenvalue weighted by Crippen LogP contribution is -2.38. The van der Waals surface area contributed by atoms with Crippen LogP contribution in [-0.2, 0) is 16.6 Å². The number of ketones is 1. The number of carbonyl (C=O) groups is 1. The van der Waals surface area contributed by atoms with Crippen molar-refractivity contribution in [3.63, 3.8) is 0 Å². The fourth-order valence-corrected chi connectivity index (χ4v) is 2.82. The fourth-order valence-electron chi connectivity index (χ4n) is 2.82. The highest BCUT2D eigenvalue weighted by molar-refractivity contribution is 5.88. The number of carbonyl (C=O) groups excluding carboxylic acids is 1. The van der Waals surface area contributed by atoms with Crippen LogP contribution in [0.15, 0.2) is 29.0 Å². The molecule has 0 radical (unpaired) electrons. The molecule has 0 aromatic carbocycles. The summed E-state index contributed by atoms with van der Waals surface area (Å²) in [5.74, 6) is 1.38. The first-order valence-corrected chi connectivity index (χ1v) is 7.97. The normalized spacial score (nSPS) is 18.4. The lowest BCUT2D eigenvalue weighted by Gasteiger charge is -2.22. The molecule has 1 aliphatic rings. The second-order valence-corrected chi connectivity index (χ2v) is 6.97. The Morgan fingerprint density at radius 1 is 1.35 bits per heavy atom. The molecule has 0 amide bonds. The zero-order chi connectivity index (χ0) is 16.4. The maximum Gasteiger partial charge on any atom is 0.225 e. The molecule has 23 heavy (non-hydrogen) atoms. The summed E-state index contributed by atoms with van der Waals surface area (Å²) >= 11 is 0. The minimum absolute atomic E-state index is 0.0813. The van der Waals surface area contributed by atoms with Gasteiger partial charge in [0.2, 0.25) is 5.95 Å². The average Bonchev–Trinajstić information content (AvgIpc) is 3.16. The van der Waals surface area contributed by atoms with Crippen molar-refractivity contribution in [3.05, 3.63) is 36.0 Å². The molecule has 3 rings (SSSR count). The van der Waals surface area contributed by atoms with Crippen molar-refractivity contribution < 1.29 is 9.32 Å². The zero-order valence-corrected chi connectivity index (χ0v) is 13.8. The molecule has 1 atom stereocenters. The topological polar surface area (TPSA) is 72.1 Å².